The summed E-state index contributed by atoms with van der Waals surface area (Å²) in [5, 5.41) is 2.98. The number of likely N-dealkylation sites (N-methyl/N-ethyl adjacent to an activating group) is 1. The second kappa shape index (κ2) is 6.12. The van der Waals surface area contributed by atoms with Crippen LogP contribution in [0.3, 0.4) is 0 Å². The molecule has 0 atom stereocenters. The fourth-order valence-electron chi connectivity index (χ4n) is 0.829. The van der Waals surface area contributed by atoms with Crippen LogP contribution in [-0.4, -0.2) is 44.0 Å². The average Bonchev–Trinajstić information content (AvgIpc) is 1.97. The van der Waals surface area contributed by atoms with Crippen LogP contribution in [-0.2, 0) is 4.79 Å². The van der Waals surface area contributed by atoms with Gasteiger partial charge in [0.05, 0.1) is 0 Å². The zero-order valence-corrected chi connectivity index (χ0v) is 7.26. The van der Waals surface area contributed by atoms with Crippen molar-refractivity contribution >= 4 is 5.91 Å². The lowest BCUT2D eigenvalue weighted by molar-refractivity contribution is -0.128. The van der Waals surface area contributed by atoms with Crippen LogP contribution in [0.4, 0.5) is 0 Å². The van der Waals surface area contributed by atoms with Crippen LogP contribution in [0.15, 0.2) is 0 Å². The summed E-state index contributed by atoms with van der Waals surface area (Å²) >= 11 is 0. The number of hydrogen-bond acceptors (Lipinski definition) is 3. The molecule has 0 aliphatic rings. The molecule has 11 heavy (non-hydrogen) atoms. The molecule has 0 fully saturated rings. The Morgan fingerprint density at radius 3 is 2.55 bits per heavy atom. The maximum absolute atomic E-state index is 10.9. The Hall–Kier alpha value is -0.610. The standard InChI is InChI=1S/C7H17N3O/c1-7(11)10(5-3-8)6-4-9-2/h9H,3-6,8H2,1-2H3. The molecule has 0 aromatic carbocycles. The molecule has 1 amide bonds. The SMILES string of the molecule is CNCCN(CCN)C(C)=O. The predicted octanol–water partition coefficient (Wildman–Crippen LogP) is -0.987. The first kappa shape index (κ1) is 10.4. The molecule has 0 rings (SSSR count). The van der Waals surface area contributed by atoms with E-state index in [9.17, 15) is 4.79 Å². The molecule has 0 spiro atoms. The Bertz CT molecular complexity index is 116. The highest BCUT2D eigenvalue weighted by atomic mass is 16.2. The van der Waals surface area contributed by atoms with E-state index in [1.165, 1.54) is 0 Å². The van der Waals surface area contributed by atoms with E-state index in [1.807, 2.05) is 7.05 Å². The van der Waals surface area contributed by atoms with Crippen LogP contribution in [0.5, 0.6) is 0 Å². The molecule has 3 N–H and O–H groups in total. The largest absolute Gasteiger partial charge is 0.340 e. The number of hydrogen-bond donors (Lipinski definition) is 2. The first-order chi connectivity index (χ1) is 5.22. The second-order valence-corrected chi connectivity index (χ2v) is 2.40. The number of nitrogens with zero attached hydrogens (tertiary/aromatic N) is 1. The Morgan fingerprint density at radius 1 is 1.55 bits per heavy atom. The lowest BCUT2D eigenvalue weighted by atomic mass is 10.4. The molecule has 66 valence electrons. The summed E-state index contributed by atoms with van der Waals surface area (Å²) in [5.74, 6) is 0.0886. The van der Waals surface area contributed by atoms with Gasteiger partial charge in [0, 0.05) is 33.1 Å². The van der Waals surface area contributed by atoms with Crippen molar-refractivity contribution in [2.45, 2.75) is 6.92 Å². The molecule has 4 heteroatoms. The molecule has 0 radical (unpaired) electrons. The third-order valence-electron chi connectivity index (χ3n) is 1.48. The van der Waals surface area contributed by atoms with Crippen molar-refractivity contribution in [1.29, 1.82) is 0 Å². The van der Waals surface area contributed by atoms with Gasteiger partial charge in [0.15, 0.2) is 0 Å². The summed E-state index contributed by atoms with van der Waals surface area (Å²) < 4.78 is 0. The summed E-state index contributed by atoms with van der Waals surface area (Å²) in [7, 11) is 1.86. The molecule has 0 saturated heterocycles. The lowest BCUT2D eigenvalue weighted by Gasteiger charge is -2.19. The first-order valence-corrected chi connectivity index (χ1v) is 3.82. The zero-order valence-electron chi connectivity index (χ0n) is 7.26. The van der Waals surface area contributed by atoms with E-state index in [2.05, 4.69) is 5.32 Å². The third kappa shape index (κ3) is 4.75. The summed E-state index contributed by atoms with van der Waals surface area (Å²) in [6.07, 6.45) is 0. The molecule has 0 bridgehead atoms. The smallest absolute Gasteiger partial charge is 0.219 e. The van der Waals surface area contributed by atoms with E-state index >= 15 is 0 Å². The van der Waals surface area contributed by atoms with Crippen LogP contribution >= 0.6 is 0 Å². The van der Waals surface area contributed by atoms with Crippen LogP contribution in [0, 0.1) is 0 Å². The molecule has 0 saturated carbocycles. The highest BCUT2D eigenvalue weighted by Crippen LogP contribution is 1.85. The van der Waals surface area contributed by atoms with Crippen molar-refractivity contribution < 1.29 is 4.79 Å². The average molecular weight is 159 g/mol. The fourth-order valence-corrected chi connectivity index (χ4v) is 0.829. The first-order valence-electron chi connectivity index (χ1n) is 3.82. The Morgan fingerprint density at radius 2 is 2.18 bits per heavy atom. The molecule has 0 aromatic rings. The quantitative estimate of drug-likeness (QED) is 0.541. The number of carbonyl (C=O) groups is 1. The van der Waals surface area contributed by atoms with E-state index in [0.717, 1.165) is 13.1 Å². The minimum atomic E-state index is 0.0886. The van der Waals surface area contributed by atoms with Gasteiger partial charge in [-0.05, 0) is 7.05 Å². The van der Waals surface area contributed by atoms with Crippen LogP contribution < -0.4 is 11.1 Å². The van der Waals surface area contributed by atoms with Crippen LogP contribution in [0.25, 0.3) is 0 Å². The second-order valence-electron chi connectivity index (χ2n) is 2.40. The van der Waals surface area contributed by atoms with Gasteiger partial charge in [-0.25, -0.2) is 0 Å². The van der Waals surface area contributed by atoms with Gasteiger partial charge in [0.1, 0.15) is 0 Å². The molecule has 0 aromatic heterocycles. The number of nitrogens with two attached hydrogens (primary N) is 1. The van der Waals surface area contributed by atoms with Gasteiger partial charge in [0.2, 0.25) is 5.91 Å². The molecule has 0 aliphatic carbocycles. The molecule has 0 heterocycles. The van der Waals surface area contributed by atoms with Crippen molar-refractivity contribution in [3.05, 3.63) is 0 Å². The van der Waals surface area contributed by atoms with E-state index in [1.54, 1.807) is 11.8 Å². The van der Waals surface area contributed by atoms with Gasteiger partial charge in [0.25, 0.3) is 0 Å². The van der Waals surface area contributed by atoms with Crippen molar-refractivity contribution in [3.8, 4) is 0 Å². The Balaban J connectivity index is 3.60. The van der Waals surface area contributed by atoms with Crippen molar-refractivity contribution in [2.75, 3.05) is 33.2 Å². The number of carbonyl (C=O) groups excluding carboxylic acids is 1. The van der Waals surface area contributed by atoms with Gasteiger partial charge < -0.3 is 16.0 Å². The normalized spacial score (nSPS) is 9.73. The van der Waals surface area contributed by atoms with E-state index in [4.69, 9.17) is 5.73 Å². The maximum Gasteiger partial charge on any atom is 0.219 e. The number of nitrogens with one attached hydrogen (secondary N) is 1. The van der Waals surface area contributed by atoms with E-state index in [-0.39, 0.29) is 5.91 Å². The maximum atomic E-state index is 10.9. The topological polar surface area (TPSA) is 58.4 Å². The molecule has 0 aliphatic heterocycles. The van der Waals surface area contributed by atoms with Gasteiger partial charge in [-0.2, -0.15) is 0 Å². The third-order valence-corrected chi connectivity index (χ3v) is 1.48. The molecular formula is C7H17N3O. The van der Waals surface area contributed by atoms with Crippen molar-refractivity contribution in [1.82, 2.24) is 10.2 Å². The van der Waals surface area contributed by atoms with Gasteiger partial charge in [-0.3, -0.25) is 4.79 Å². The Kier molecular flexibility index (Phi) is 5.78. The summed E-state index contributed by atoms with van der Waals surface area (Å²) in [6, 6.07) is 0. The highest BCUT2D eigenvalue weighted by Gasteiger charge is 2.04. The van der Waals surface area contributed by atoms with Gasteiger partial charge in [-0.1, -0.05) is 0 Å². The number of rotatable bonds is 5. The van der Waals surface area contributed by atoms with Crippen molar-refractivity contribution in [3.63, 3.8) is 0 Å². The zero-order chi connectivity index (χ0) is 8.69. The fraction of sp³-hybridized carbons (Fsp3) is 0.857. The van der Waals surface area contributed by atoms with Crippen molar-refractivity contribution in [2.24, 2.45) is 5.73 Å². The summed E-state index contributed by atoms with van der Waals surface area (Å²) in [4.78, 5) is 12.6. The monoisotopic (exact) mass is 159 g/mol. The van der Waals surface area contributed by atoms with E-state index in [0.29, 0.717) is 13.1 Å². The van der Waals surface area contributed by atoms with Crippen LogP contribution in [0.1, 0.15) is 6.92 Å². The van der Waals surface area contributed by atoms with Crippen LogP contribution in [0.2, 0.25) is 0 Å². The van der Waals surface area contributed by atoms with Gasteiger partial charge >= 0.3 is 0 Å². The highest BCUT2D eigenvalue weighted by molar-refractivity contribution is 5.73. The summed E-state index contributed by atoms with van der Waals surface area (Å²) in [6.45, 7) is 4.30. The lowest BCUT2D eigenvalue weighted by Crippen LogP contribution is -2.37. The molecule has 0 unspecified atom stereocenters. The predicted molar refractivity (Wildman–Crippen MR) is 45.2 cm³/mol. The van der Waals surface area contributed by atoms with Gasteiger partial charge in [-0.15, -0.1) is 0 Å². The minimum absolute atomic E-state index is 0.0886. The summed E-state index contributed by atoms with van der Waals surface area (Å²) in [5.41, 5.74) is 5.32. The van der Waals surface area contributed by atoms with E-state index < -0.39 is 0 Å². The number of amides is 1. The Labute approximate surface area is 67.7 Å². The molecular weight excluding hydrogens is 142 g/mol. The minimum Gasteiger partial charge on any atom is -0.340 e. The molecule has 4 nitrogen and oxygen atoms in total.